The summed E-state index contributed by atoms with van der Waals surface area (Å²) < 4.78 is 70.1. The van der Waals surface area contributed by atoms with Crippen LogP contribution in [0.25, 0.3) is 0 Å². The van der Waals surface area contributed by atoms with Crippen LogP contribution >= 0.6 is 0 Å². The second kappa shape index (κ2) is 8.86. The summed E-state index contributed by atoms with van der Waals surface area (Å²) in [5.41, 5.74) is 0.195. The van der Waals surface area contributed by atoms with Crippen LogP contribution in [0.5, 0.6) is 5.75 Å². The van der Waals surface area contributed by atoms with Crippen molar-refractivity contribution in [2.45, 2.75) is 70.3 Å². The van der Waals surface area contributed by atoms with E-state index >= 15 is 0 Å². The molecule has 1 aliphatic carbocycles. The zero-order chi connectivity index (χ0) is 18.4. The minimum Gasteiger partial charge on any atom is -0.427 e. The number of benzene rings is 1. The van der Waals surface area contributed by atoms with Crippen molar-refractivity contribution in [3.8, 4) is 5.75 Å². The van der Waals surface area contributed by atoms with Gasteiger partial charge in [0, 0.05) is 0 Å². The Kier molecular flexibility index (Phi) is 7.08. The van der Waals surface area contributed by atoms with Crippen LogP contribution in [0.3, 0.4) is 0 Å². The van der Waals surface area contributed by atoms with E-state index in [1.165, 1.54) is 31.7 Å². The molecule has 25 heavy (non-hydrogen) atoms. The Labute approximate surface area is 145 Å². The van der Waals surface area contributed by atoms with Crippen LogP contribution in [0.2, 0.25) is 0 Å². The predicted molar refractivity (Wildman–Crippen MR) is 86.7 cm³/mol. The van der Waals surface area contributed by atoms with Crippen LogP contribution in [-0.2, 0) is 0 Å². The van der Waals surface area contributed by atoms with E-state index in [1.807, 2.05) is 0 Å². The minimum absolute atomic E-state index is 0.118. The Morgan fingerprint density at radius 2 is 1.72 bits per heavy atom. The van der Waals surface area contributed by atoms with Crippen molar-refractivity contribution in [2.75, 3.05) is 6.67 Å². The van der Waals surface area contributed by atoms with Gasteiger partial charge in [-0.3, -0.25) is 0 Å². The fourth-order valence-corrected chi connectivity index (χ4v) is 3.57. The van der Waals surface area contributed by atoms with Crippen molar-refractivity contribution < 1.29 is 26.7 Å². The maximum Gasteiger partial charge on any atom is 0.427 e. The van der Waals surface area contributed by atoms with Gasteiger partial charge in [0.1, 0.15) is 0 Å². The lowest BCUT2D eigenvalue weighted by molar-refractivity contribution is -0.187. The largest absolute Gasteiger partial charge is 0.427 e. The number of rotatable bonds is 8. The third-order valence-corrected chi connectivity index (χ3v) is 4.99. The average Bonchev–Trinajstić information content (AvgIpc) is 2.60. The highest BCUT2D eigenvalue weighted by Crippen LogP contribution is 2.40. The predicted octanol–water partition coefficient (Wildman–Crippen LogP) is 6.76. The van der Waals surface area contributed by atoms with Crippen LogP contribution in [0.15, 0.2) is 12.1 Å². The third-order valence-electron chi connectivity index (χ3n) is 4.99. The lowest BCUT2D eigenvalue weighted by atomic mass is 9.77. The van der Waals surface area contributed by atoms with Gasteiger partial charge in [-0.1, -0.05) is 38.7 Å². The number of hydrogen-bond donors (Lipinski definition) is 0. The van der Waals surface area contributed by atoms with Gasteiger partial charge in [-0.05, 0) is 49.1 Å². The van der Waals surface area contributed by atoms with E-state index in [9.17, 15) is 22.0 Å². The molecule has 0 atom stereocenters. The van der Waals surface area contributed by atoms with Gasteiger partial charge in [-0.2, -0.15) is 13.2 Å². The number of alkyl halides is 3. The third kappa shape index (κ3) is 5.32. The summed E-state index contributed by atoms with van der Waals surface area (Å²) in [6.07, 6.45) is 4.04. The van der Waals surface area contributed by atoms with Crippen molar-refractivity contribution in [1.82, 2.24) is 0 Å². The molecule has 1 aromatic rings. The average molecular weight is 364 g/mol. The Balaban J connectivity index is 2.00. The van der Waals surface area contributed by atoms with E-state index in [1.54, 1.807) is 0 Å². The summed E-state index contributed by atoms with van der Waals surface area (Å²) in [6.45, 7) is 0.0584. The summed E-state index contributed by atoms with van der Waals surface area (Å²) in [5, 5.41) is 0. The van der Waals surface area contributed by atoms with Gasteiger partial charge in [0.15, 0.2) is 18.2 Å². The highest BCUT2D eigenvalue weighted by molar-refractivity contribution is 5.33. The summed E-state index contributed by atoms with van der Waals surface area (Å²) >= 11 is 0. The smallest absolute Gasteiger partial charge is 0.427 e. The van der Waals surface area contributed by atoms with Crippen LogP contribution in [0.1, 0.15) is 69.8 Å². The molecule has 1 saturated carbocycles. The molecular formula is C19H25F5O. The van der Waals surface area contributed by atoms with Crippen LogP contribution in [-0.4, -0.2) is 12.8 Å². The monoisotopic (exact) mass is 364 g/mol. The van der Waals surface area contributed by atoms with Gasteiger partial charge >= 0.3 is 6.11 Å². The van der Waals surface area contributed by atoms with Gasteiger partial charge in [0.05, 0.1) is 0 Å². The Hall–Kier alpha value is -1.33. The van der Waals surface area contributed by atoms with Crippen molar-refractivity contribution in [3.05, 3.63) is 29.3 Å². The fraction of sp³-hybridized carbons (Fsp3) is 0.684. The van der Waals surface area contributed by atoms with E-state index in [4.69, 9.17) is 0 Å². The molecule has 0 radical (unpaired) electrons. The van der Waals surface area contributed by atoms with E-state index in [0.29, 0.717) is 5.92 Å². The van der Waals surface area contributed by atoms with Gasteiger partial charge in [-0.25, -0.2) is 8.78 Å². The van der Waals surface area contributed by atoms with Gasteiger partial charge < -0.3 is 4.74 Å². The first kappa shape index (κ1) is 20.0. The van der Waals surface area contributed by atoms with Gasteiger partial charge in [0.2, 0.25) is 5.82 Å². The Morgan fingerprint density at radius 1 is 1.04 bits per heavy atom. The molecule has 1 aliphatic rings. The van der Waals surface area contributed by atoms with E-state index in [-0.39, 0.29) is 11.5 Å². The van der Waals surface area contributed by atoms with Crippen LogP contribution in [0, 0.1) is 17.6 Å². The summed E-state index contributed by atoms with van der Waals surface area (Å²) in [5.74, 6) is -3.09. The topological polar surface area (TPSA) is 9.23 Å². The SMILES string of the molecule is CCCCCC1CCC(c2ccc(OC(F)(F)CF)c(F)c2F)CC1. The maximum absolute atomic E-state index is 14.3. The lowest BCUT2D eigenvalue weighted by Crippen LogP contribution is -2.27. The Bertz CT molecular complexity index is 553. The number of hydrogen-bond acceptors (Lipinski definition) is 1. The normalized spacial score (nSPS) is 21.4. The molecule has 0 saturated heterocycles. The van der Waals surface area contributed by atoms with Crippen molar-refractivity contribution in [1.29, 1.82) is 0 Å². The molecule has 1 nitrogen and oxygen atoms in total. The molecule has 2 rings (SSSR count). The number of unbranched alkanes of at least 4 members (excludes halogenated alkanes) is 2. The van der Waals surface area contributed by atoms with E-state index in [0.717, 1.165) is 31.7 Å². The number of ether oxygens (including phenoxy) is 1. The molecule has 0 heterocycles. The molecule has 0 N–H and O–H groups in total. The zero-order valence-corrected chi connectivity index (χ0v) is 14.5. The van der Waals surface area contributed by atoms with Crippen molar-refractivity contribution in [2.24, 2.45) is 5.92 Å². The molecule has 0 aromatic heterocycles. The molecule has 0 bridgehead atoms. The van der Waals surface area contributed by atoms with Crippen molar-refractivity contribution in [3.63, 3.8) is 0 Å². The lowest BCUT2D eigenvalue weighted by Gasteiger charge is -2.29. The quantitative estimate of drug-likeness (QED) is 0.366. The second-order valence-corrected chi connectivity index (χ2v) is 6.87. The molecular weight excluding hydrogens is 339 g/mol. The standard InChI is InChI=1S/C19H25F5O/c1-2-3-4-5-13-6-8-14(9-7-13)15-10-11-16(18(22)17(15)21)25-19(23,24)12-20/h10-11,13-14H,2-9,12H2,1H3. The molecule has 0 spiro atoms. The zero-order valence-electron chi connectivity index (χ0n) is 14.5. The fourth-order valence-electron chi connectivity index (χ4n) is 3.57. The number of halogens is 5. The van der Waals surface area contributed by atoms with Crippen molar-refractivity contribution >= 4 is 0 Å². The summed E-state index contributed by atoms with van der Waals surface area (Å²) in [6, 6.07) is 2.24. The van der Waals surface area contributed by atoms with E-state index in [2.05, 4.69) is 11.7 Å². The first-order valence-corrected chi connectivity index (χ1v) is 8.98. The molecule has 142 valence electrons. The highest BCUT2D eigenvalue weighted by atomic mass is 19.3. The highest BCUT2D eigenvalue weighted by Gasteiger charge is 2.34. The molecule has 0 aliphatic heterocycles. The van der Waals surface area contributed by atoms with E-state index < -0.39 is 30.2 Å². The minimum atomic E-state index is -4.16. The maximum atomic E-state index is 14.3. The molecule has 1 aromatic carbocycles. The Morgan fingerprint density at radius 3 is 2.32 bits per heavy atom. The summed E-state index contributed by atoms with van der Waals surface area (Å²) in [7, 11) is 0. The molecule has 6 heteroatoms. The van der Waals surface area contributed by atoms with Crippen LogP contribution in [0.4, 0.5) is 22.0 Å². The molecule has 1 fully saturated rings. The molecule has 0 unspecified atom stereocenters. The second-order valence-electron chi connectivity index (χ2n) is 6.87. The molecule has 0 amide bonds. The first-order valence-electron chi connectivity index (χ1n) is 8.98. The first-order chi connectivity index (χ1) is 11.9. The van der Waals surface area contributed by atoms with Crippen LogP contribution < -0.4 is 4.74 Å². The van der Waals surface area contributed by atoms with Gasteiger partial charge in [0.25, 0.3) is 0 Å². The summed E-state index contributed by atoms with van der Waals surface area (Å²) in [4.78, 5) is 0. The van der Waals surface area contributed by atoms with Gasteiger partial charge in [-0.15, -0.1) is 0 Å².